The number of hydrogen-bond donors (Lipinski definition) is 3. The first-order valence-electron chi connectivity index (χ1n) is 9.32. The highest BCUT2D eigenvalue weighted by Crippen LogP contribution is 2.36. The molecule has 0 aliphatic carbocycles. The van der Waals surface area contributed by atoms with Crippen LogP contribution >= 0.6 is 0 Å². The number of amides is 1. The molecule has 0 bridgehead atoms. The minimum absolute atomic E-state index is 0.0334. The summed E-state index contributed by atoms with van der Waals surface area (Å²) in [5.41, 5.74) is 1.77. The molecule has 29 heavy (non-hydrogen) atoms. The molecule has 3 aromatic rings. The number of aliphatic hydroxyl groups excluding tert-OH is 1. The summed E-state index contributed by atoms with van der Waals surface area (Å²) in [4.78, 5) is 12.6. The molecule has 3 rings (SSSR count). The first-order chi connectivity index (χ1) is 14.0. The third kappa shape index (κ3) is 4.65. The number of anilines is 1. The molecule has 3 aromatic carbocycles. The van der Waals surface area contributed by atoms with Crippen LogP contribution in [0.2, 0.25) is 0 Å². The van der Waals surface area contributed by atoms with Crippen LogP contribution < -0.4 is 5.32 Å². The third-order valence-corrected chi connectivity index (χ3v) is 4.84. The van der Waals surface area contributed by atoms with Gasteiger partial charge in [-0.1, -0.05) is 37.3 Å². The van der Waals surface area contributed by atoms with Gasteiger partial charge in [-0.15, -0.1) is 0 Å². The van der Waals surface area contributed by atoms with E-state index < -0.39 is 12.2 Å². The second kappa shape index (κ2) is 9.09. The van der Waals surface area contributed by atoms with Gasteiger partial charge in [-0.05, 0) is 48.1 Å². The van der Waals surface area contributed by atoms with Crippen LogP contribution in [-0.4, -0.2) is 22.9 Å². The largest absolute Gasteiger partial charge is 0.507 e. The van der Waals surface area contributed by atoms with Crippen molar-refractivity contribution in [3.63, 3.8) is 0 Å². The number of phenolic OH excluding ortho intramolecular Hbond substituents is 1. The molecule has 6 heteroatoms. The van der Waals surface area contributed by atoms with E-state index in [9.17, 15) is 15.0 Å². The summed E-state index contributed by atoms with van der Waals surface area (Å²) in [5, 5.41) is 32.5. The maximum absolute atomic E-state index is 12.6. The minimum atomic E-state index is -0.637. The molecule has 0 aromatic heterocycles. The van der Waals surface area contributed by atoms with Crippen LogP contribution in [0.3, 0.4) is 0 Å². The number of carbonyl (C=O) groups excluding carboxylic acids is 1. The lowest BCUT2D eigenvalue weighted by Crippen LogP contribution is -2.22. The summed E-state index contributed by atoms with van der Waals surface area (Å²) >= 11 is 0. The number of hydrogen-bond acceptors (Lipinski definition) is 5. The molecule has 0 saturated carbocycles. The molecule has 0 aliphatic heterocycles. The Morgan fingerprint density at radius 1 is 1.10 bits per heavy atom. The van der Waals surface area contributed by atoms with Gasteiger partial charge in [0.25, 0.3) is 0 Å². The Bertz CT molecular complexity index is 1040. The number of aromatic hydroxyl groups is 1. The van der Waals surface area contributed by atoms with Gasteiger partial charge in [-0.3, -0.25) is 5.32 Å². The molecule has 0 fully saturated rings. The topological polar surface area (TPSA) is 103 Å². The van der Waals surface area contributed by atoms with Crippen molar-refractivity contribution < 1.29 is 19.7 Å². The van der Waals surface area contributed by atoms with Crippen molar-refractivity contribution in [2.24, 2.45) is 5.92 Å². The van der Waals surface area contributed by atoms with Crippen molar-refractivity contribution in [1.29, 1.82) is 5.26 Å². The van der Waals surface area contributed by atoms with Crippen LogP contribution in [0.15, 0.2) is 60.7 Å². The zero-order valence-corrected chi connectivity index (χ0v) is 16.0. The van der Waals surface area contributed by atoms with Crippen molar-refractivity contribution in [1.82, 2.24) is 0 Å². The SMILES string of the molecule is C[C@H](CCO)[C@@H](OC(=O)Nc1ccc(C#N)cc1)c1ccc(O)c2ccccc12. The number of ether oxygens (including phenoxy) is 1. The normalized spacial score (nSPS) is 12.7. The zero-order chi connectivity index (χ0) is 20.8. The summed E-state index contributed by atoms with van der Waals surface area (Å²) in [6, 6.07) is 19.2. The van der Waals surface area contributed by atoms with Gasteiger partial charge in [0.2, 0.25) is 0 Å². The van der Waals surface area contributed by atoms with E-state index in [0.717, 1.165) is 10.9 Å². The summed E-state index contributed by atoms with van der Waals surface area (Å²) in [7, 11) is 0. The van der Waals surface area contributed by atoms with Crippen LogP contribution in [0.5, 0.6) is 5.75 Å². The molecule has 0 heterocycles. The highest BCUT2D eigenvalue weighted by molar-refractivity contribution is 5.91. The quantitative estimate of drug-likeness (QED) is 0.565. The van der Waals surface area contributed by atoms with Crippen LogP contribution in [0, 0.1) is 17.2 Å². The van der Waals surface area contributed by atoms with Crippen LogP contribution in [0.25, 0.3) is 10.8 Å². The van der Waals surface area contributed by atoms with Gasteiger partial charge in [-0.2, -0.15) is 5.26 Å². The number of aliphatic hydroxyl groups is 1. The van der Waals surface area contributed by atoms with Crippen LogP contribution in [0.1, 0.15) is 30.6 Å². The average molecular weight is 390 g/mol. The first-order valence-corrected chi connectivity index (χ1v) is 9.32. The Kier molecular flexibility index (Phi) is 6.32. The zero-order valence-electron chi connectivity index (χ0n) is 16.0. The Labute approximate surface area is 169 Å². The lowest BCUT2D eigenvalue weighted by Gasteiger charge is -2.25. The van der Waals surface area contributed by atoms with E-state index in [-0.39, 0.29) is 18.3 Å². The summed E-state index contributed by atoms with van der Waals surface area (Å²) in [5.74, 6) is -0.000362. The molecule has 0 aliphatic rings. The highest BCUT2D eigenvalue weighted by atomic mass is 16.6. The number of rotatable bonds is 6. The molecule has 6 nitrogen and oxygen atoms in total. The number of phenols is 1. The van der Waals surface area contributed by atoms with E-state index in [0.29, 0.717) is 23.1 Å². The van der Waals surface area contributed by atoms with E-state index in [4.69, 9.17) is 10.00 Å². The number of nitrogens with zero attached hydrogens (tertiary/aromatic N) is 1. The summed E-state index contributed by atoms with van der Waals surface area (Å²) in [6.07, 6.45) is -0.808. The van der Waals surface area contributed by atoms with Crippen molar-refractivity contribution in [2.75, 3.05) is 11.9 Å². The fraction of sp³-hybridized carbons (Fsp3) is 0.217. The van der Waals surface area contributed by atoms with E-state index in [1.165, 1.54) is 0 Å². The Morgan fingerprint density at radius 3 is 2.45 bits per heavy atom. The number of benzene rings is 3. The minimum Gasteiger partial charge on any atom is -0.507 e. The Balaban J connectivity index is 1.89. The summed E-state index contributed by atoms with van der Waals surface area (Å²) in [6.45, 7) is 1.87. The van der Waals surface area contributed by atoms with Crippen LogP contribution in [-0.2, 0) is 4.74 Å². The molecule has 0 radical (unpaired) electrons. The highest BCUT2D eigenvalue weighted by Gasteiger charge is 2.26. The standard InChI is InChI=1S/C23H22N2O4/c1-15(12-13-26)22(20-10-11-21(27)19-5-3-2-4-18(19)20)29-23(28)25-17-8-6-16(14-24)7-9-17/h2-11,15,22,26-27H,12-13H2,1H3,(H,25,28)/t15-,22-/m1/s1. The monoisotopic (exact) mass is 390 g/mol. The predicted molar refractivity (Wildman–Crippen MR) is 110 cm³/mol. The van der Waals surface area contributed by atoms with Gasteiger partial charge in [0, 0.05) is 23.2 Å². The van der Waals surface area contributed by atoms with Crippen LogP contribution in [0.4, 0.5) is 10.5 Å². The number of nitriles is 1. The van der Waals surface area contributed by atoms with Gasteiger partial charge in [0.15, 0.2) is 0 Å². The number of carbonyl (C=O) groups is 1. The lowest BCUT2D eigenvalue weighted by atomic mass is 9.91. The fourth-order valence-corrected chi connectivity index (χ4v) is 3.29. The van der Waals surface area contributed by atoms with E-state index in [1.54, 1.807) is 42.5 Å². The van der Waals surface area contributed by atoms with Gasteiger partial charge >= 0.3 is 6.09 Å². The Morgan fingerprint density at radius 2 is 1.79 bits per heavy atom. The first kappa shape index (κ1) is 20.2. The second-order valence-corrected chi connectivity index (χ2v) is 6.85. The molecular weight excluding hydrogens is 368 g/mol. The maximum Gasteiger partial charge on any atom is 0.412 e. The van der Waals surface area contributed by atoms with E-state index >= 15 is 0 Å². The number of fused-ring (bicyclic) bond motifs is 1. The van der Waals surface area contributed by atoms with Gasteiger partial charge in [0.1, 0.15) is 11.9 Å². The molecule has 0 spiro atoms. The average Bonchev–Trinajstić information content (AvgIpc) is 2.73. The number of nitrogens with one attached hydrogen (secondary N) is 1. The van der Waals surface area contributed by atoms with Gasteiger partial charge in [0.05, 0.1) is 11.6 Å². The smallest absolute Gasteiger partial charge is 0.412 e. The van der Waals surface area contributed by atoms with Crippen molar-refractivity contribution >= 4 is 22.6 Å². The lowest BCUT2D eigenvalue weighted by molar-refractivity contribution is 0.0676. The van der Waals surface area contributed by atoms with E-state index in [1.807, 2.05) is 31.2 Å². The molecule has 148 valence electrons. The van der Waals surface area contributed by atoms with Gasteiger partial charge < -0.3 is 14.9 Å². The molecule has 2 atom stereocenters. The van der Waals surface area contributed by atoms with Crippen molar-refractivity contribution in [2.45, 2.75) is 19.4 Å². The van der Waals surface area contributed by atoms with Crippen molar-refractivity contribution in [3.05, 3.63) is 71.8 Å². The van der Waals surface area contributed by atoms with E-state index in [2.05, 4.69) is 5.32 Å². The maximum atomic E-state index is 12.6. The molecule has 1 amide bonds. The summed E-state index contributed by atoms with van der Waals surface area (Å²) < 4.78 is 5.75. The molecular formula is C23H22N2O4. The van der Waals surface area contributed by atoms with Crippen molar-refractivity contribution in [3.8, 4) is 11.8 Å². The molecule has 3 N–H and O–H groups in total. The Hall–Kier alpha value is -3.56. The predicted octanol–water partition coefficient (Wildman–Crippen LogP) is 4.73. The molecule has 0 unspecified atom stereocenters. The second-order valence-electron chi connectivity index (χ2n) is 6.85. The molecule has 0 saturated heterocycles. The fourth-order valence-electron chi connectivity index (χ4n) is 3.29. The van der Waals surface area contributed by atoms with Gasteiger partial charge in [-0.25, -0.2) is 4.79 Å². The third-order valence-electron chi connectivity index (χ3n) is 4.84.